The number of rotatable bonds is 5. The van der Waals surface area contributed by atoms with Gasteiger partial charge in [-0.1, -0.05) is 67.1 Å². The molecule has 1 N–H and O–H groups in total. The molecule has 3 aromatic carbocycles. The first-order valence-corrected chi connectivity index (χ1v) is 10.8. The van der Waals surface area contributed by atoms with Crippen LogP contribution in [0.2, 0.25) is 5.02 Å². The number of benzene rings is 3. The van der Waals surface area contributed by atoms with E-state index in [0.29, 0.717) is 17.0 Å². The minimum absolute atomic E-state index is 0.203. The largest absolute Gasteiger partial charge is 0.496 e. The Balaban J connectivity index is 1.70. The van der Waals surface area contributed by atoms with Crippen LogP contribution in [0.4, 0.5) is 0 Å². The van der Waals surface area contributed by atoms with E-state index in [-0.39, 0.29) is 11.8 Å². The Morgan fingerprint density at radius 3 is 2.31 bits per heavy atom. The van der Waals surface area contributed by atoms with Gasteiger partial charge in [-0.25, -0.2) is 4.79 Å². The van der Waals surface area contributed by atoms with E-state index in [2.05, 4.69) is 0 Å². The van der Waals surface area contributed by atoms with Crippen LogP contribution in [0.5, 0.6) is 5.75 Å². The molecule has 1 amide bonds. The lowest BCUT2D eigenvalue weighted by molar-refractivity contribution is -0.142. The van der Waals surface area contributed by atoms with Crippen LogP contribution in [0.3, 0.4) is 0 Å². The zero-order valence-corrected chi connectivity index (χ0v) is 18.6. The standard InChI is InChI=1S/C26H24ClNO4/c1-16-15-22(20-8-3-5-9-21(20)27)28(24(16)26(30)31)25(29)18-13-11-17(12-14-18)19-7-4-6-10-23(19)32-2/h3-14,16,22,24H,15H2,1-2H3,(H,30,31)/t16-,22?,24-/m0/s1. The number of carboxylic acids is 1. The van der Waals surface area contributed by atoms with Crippen molar-refractivity contribution in [3.63, 3.8) is 0 Å². The van der Waals surface area contributed by atoms with Gasteiger partial charge in [0.2, 0.25) is 0 Å². The Hall–Kier alpha value is -3.31. The number of nitrogens with zero attached hydrogens (tertiary/aromatic N) is 1. The second-order valence-corrected chi connectivity index (χ2v) is 8.43. The summed E-state index contributed by atoms with van der Waals surface area (Å²) in [6, 6.07) is 20.8. The molecule has 3 aromatic rings. The quantitative estimate of drug-likeness (QED) is 0.543. The zero-order chi connectivity index (χ0) is 22.8. The van der Waals surface area contributed by atoms with Gasteiger partial charge < -0.3 is 14.7 Å². The van der Waals surface area contributed by atoms with Crippen molar-refractivity contribution in [2.45, 2.75) is 25.4 Å². The lowest BCUT2D eigenvalue weighted by Crippen LogP contribution is -2.43. The molecule has 0 aromatic heterocycles. The van der Waals surface area contributed by atoms with E-state index in [1.165, 1.54) is 4.90 Å². The Bertz CT molecular complexity index is 1140. The number of para-hydroxylation sites is 1. The van der Waals surface area contributed by atoms with E-state index in [0.717, 1.165) is 22.4 Å². The molecule has 1 fully saturated rings. The van der Waals surface area contributed by atoms with Gasteiger partial charge in [-0.3, -0.25) is 4.79 Å². The number of methoxy groups -OCH3 is 1. The summed E-state index contributed by atoms with van der Waals surface area (Å²) in [6.07, 6.45) is 0.533. The number of likely N-dealkylation sites (tertiary alicyclic amines) is 1. The van der Waals surface area contributed by atoms with Gasteiger partial charge in [0.15, 0.2) is 0 Å². The highest BCUT2D eigenvalue weighted by Crippen LogP contribution is 2.43. The lowest BCUT2D eigenvalue weighted by atomic mass is 9.98. The Morgan fingerprint density at radius 1 is 1.00 bits per heavy atom. The minimum Gasteiger partial charge on any atom is -0.496 e. The van der Waals surface area contributed by atoms with Crippen molar-refractivity contribution in [3.05, 3.63) is 88.9 Å². The van der Waals surface area contributed by atoms with E-state index in [4.69, 9.17) is 16.3 Å². The number of carbonyl (C=O) groups is 2. The van der Waals surface area contributed by atoms with Crippen molar-refractivity contribution in [1.29, 1.82) is 0 Å². The van der Waals surface area contributed by atoms with Gasteiger partial charge in [-0.05, 0) is 47.7 Å². The van der Waals surface area contributed by atoms with E-state index in [9.17, 15) is 14.7 Å². The van der Waals surface area contributed by atoms with Crippen molar-refractivity contribution in [3.8, 4) is 16.9 Å². The van der Waals surface area contributed by atoms with Gasteiger partial charge in [0.05, 0.1) is 13.2 Å². The molecule has 0 radical (unpaired) electrons. The third-order valence-corrected chi connectivity index (χ3v) is 6.42. The summed E-state index contributed by atoms with van der Waals surface area (Å²) >= 11 is 6.42. The van der Waals surface area contributed by atoms with Crippen molar-refractivity contribution < 1.29 is 19.4 Å². The van der Waals surface area contributed by atoms with Crippen LogP contribution in [0.1, 0.15) is 35.3 Å². The maximum atomic E-state index is 13.6. The van der Waals surface area contributed by atoms with Crippen LogP contribution < -0.4 is 4.74 Å². The fourth-order valence-corrected chi connectivity index (χ4v) is 4.80. The van der Waals surface area contributed by atoms with Crippen LogP contribution in [-0.2, 0) is 4.79 Å². The summed E-state index contributed by atoms with van der Waals surface area (Å²) in [4.78, 5) is 27.1. The van der Waals surface area contributed by atoms with E-state index >= 15 is 0 Å². The van der Waals surface area contributed by atoms with Gasteiger partial charge >= 0.3 is 5.97 Å². The Labute approximate surface area is 192 Å². The first-order valence-electron chi connectivity index (χ1n) is 10.5. The van der Waals surface area contributed by atoms with Crippen LogP contribution >= 0.6 is 11.6 Å². The number of aliphatic carboxylic acids is 1. The summed E-state index contributed by atoms with van der Waals surface area (Å²) in [6.45, 7) is 1.86. The molecular formula is C26H24ClNO4. The first-order chi connectivity index (χ1) is 15.4. The summed E-state index contributed by atoms with van der Waals surface area (Å²) in [7, 11) is 1.62. The van der Waals surface area contributed by atoms with Crippen LogP contribution in [0.15, 0.2) is 72.8 Å². The maximum Gasteiger partial charge on any atom is 0.326 e. The highest BCUT2D eigenvalue weighted by atomic mass is 35.5. The number of carboxylic acid groups (broad SMARTS) is 1. The van der Waals surface area contributed by atoms with E-state index < -0.39 is 18.1 Å². The predicted octanol–water partition coefficient (Wildman–Crippen LogP) is 5.69. The Kier molecular flexibility index (Phi) is 6.19. The molecule has 0 bridgehead atoms. The predicted molar refractivity (Wildman–Crippen MR) is 124 cm³/mol. The SMILES string of the molecule is COc1ccccc1-c1ccc(C(=O)N2C(c3ccccc3Cl)C[C@H](C)[C@H]2C(=O)O)cc1. The van der Waals surface area contributed by atoms with Crippen molar-refractivity contribution in [2.75, 3.05) is 7.11 Å². The molecule has 5 nitrogen and oxygen atoms in total. The molecule has 164 valence electrons. The average Bonchev–Trinajstić information content (AvgIpc) is 3.16. The molecule has 1 heterocycles. The minimum atomic E-state index is -1.01. The molecule has 6 heteroatoms. The third-order valence-electron chi connectivity index (χ3n) is 6.07. The molecule has 0 saturated carbocycles. The second kappa shape index (κ2) is 9.05. The number of hydrogen-bond donors (Lipinski definition) is 1. The van der Waals surface area contributed by atoms with Gasteiger partial charge in [0.25, 0.3) is 5.91 Å². The zero-order valence-electron chi connectivity index (χ0n) is 17.9. The third kappa shape index (κ3) is 3.96. The number of halogens is 1. The van der Waals surface area contributed by atoms with E-state index in [1.807, 2.05) is 61.5 Å². The van der Waals surface area contributed by atoms with Crippen molar-refractivity contribution >= 4 is 23.5 Å². The summed E-state index contributed by atoms with van der Waals surface area (Å²) in [5.41, 5.74) is 3.03. The summed E-state index contributed by atoms with van der Waals surface area (Å²) in [5.74, 6) is -0.792. The van der Waals surface area contributed by atoms with Gasteiger partial charge in [-0.2, -0.15) is 0 Å². The molecule has 3 atom stereocenters. The Morgan fingerprint density at radius 2 is 1.66 bits per heavy atom. The number of amides is 1. The molecule has 1 aliphatic heterocycles. The van der Waals surface area contributed by atoms with Crippen LogP contribution in [-0.4, -0.2) is 35.0 Å². The molecule has 32 heavy (non-hydrogen) atoms. The second-order valence-electron chi connectivity index (χ2n) is 8.02. The monoisotopic (exact) mass is 449 g/mol. The van der Waals surface area contributed by atoms with Crippen molar-refractivity contribution in [2.24, 2.45) is 5.92 Å². The van der Waals surface area contributed by atoms with Crippen LogP contribution in [0.25, 0.3) is 11.1 Å². The average molecular weight is 450 g/mol. The lowest BCUT2D eigenvalue weighted by Gasteiger charge is -2.30. The van der Waals surface area contributed by atoms with Crippen molar-refractivity contribution in [1.82, 2.24) is 4.90 Å². The topological polar surface area (TPSA) is 66.8 Å². The highest BCUT2D eigenvalue weighted by Gasteiger charge is 2.47. The van der Waals surface area contributed by atoms with Gasteiger partial charge in [0, 0.05) is 16.1 Å². The fourth-order valence-electron chi connectivity index (χ4n) is 4.54. The molecular weight excluding hydrogens is 426 g/mol. The number of carbonyl (C=O) groups excluding carboxylic acids is 1. The molecule has 1 saturated heterocycles. The summed E-state index contributed by atoms with van der Waals surface area (Å²) < 4.78 is 5.43. The molecule has 1 unspecified atom stereocenters. The maximum absolute atomic E-state index is 13.6. The summed E-state index contributed by atoms with van der Waals surface area (Å²) in [5, 5.41) is 10.4. The number of hydrogen-bond acceptors (Lipinski definition) is 3. The fraction of sp³-hybridized carbons (Fsp3) is 0.231. The smallest absolute Gasteiger partial charge is 0.326 e. The highest BCUT2D eigenvalue weighted by molar-refractivity contribution is 6.31. The van der Waals surface area contributed by atoms with E-state index in [1.54, 1.807) is 25.3 Å². The normalized spacial score (nSPS) is 20.2. The number of ether oxygens (including phenoxy) is 1. The molecule has 0 aliphatic carbocycles. The first kappa shape index (κ1) is 21.9. The molecule has 0 spiro atoms. The van der Waals surface area contributed by atoms with Crippen LogP contribution in [0, 0.1) is 5.92 Å². The van der Waals surface area contributed by atoms with Gasteiger partial charge in [-0.15, -0.1) is 0 Å². The molecule has 4 rings (SSSR count). The van der Waals surface area contributed by atoms with Gasteiger partial charge in [0.1, 0.15) is 11.8 Å². The molecule has 1 aliphatic rings.